The summed E-state index contributed by atoms with van der Waals surface area (Å²) in [6.07, 6.45) is 1.71. The highest BCUT2D eigenvalue weighted by molar-refractivity contribution is 5.67. The quantitative estimate of drug-likeness (QED) is 0.929. The number of carbonyl (C=O) groups is 1. The van der Waals surface area contributed by atoms with E-state index in [-0.39, 0.29) is 12.1 Å². The normalized spacial score (nSPS) is 17.2. The highest BCUT2D eigenvalue weighted by Crippen LogP contribution is 2.26. The number of ether oxygens (including phenoxy) is 1. The molecule has 2 rings (SSSR count). The summed E-state index contributed by atoms with van der Waals surface area (Å²) in [7, 11) is 5.58. The molecule has 0 aliphatic carbocycles. The number of carbonyl (C=O) groups excluding carboxylic acids is 1. The number of nitrogens with zero attached hydrogens (tertiary/aromatic N) is 2. The molecule has 0 saturated carbocycles. The third kappa shape index (κ3) is 3.91. The first-order valence-corrected chi connectivity index (χ1v) is 7.88. The Hall–Kier alpha value is -1.75. The molecule has 1 aromatic rings. The lowest BCUT2D eigenvalue weighted by Crippen LogP contribution is -2.45. The van der Waals surface area contributed by atoms with Crippen LogP contribution in [0, 0.1) is 0 Å². The Morgan fingerprint density at radius 1 is 1.32 bits per heavy atom. The van der Waals surface area contributed by atoms with Crippen molar-refractivity contribution < 1.29 is 9.53 Å². The van der Waals surface area contributed by atoms with E-state index < -0.39 is 0 Å². The molecule has 1 N–H and O–H groups in total. The van der Waals surface area contributed by atoms with Gasteiger partial charge in [-0.2, -0.15) is 0 Å². The van der Waals surface area contributed by atoms with E-state index in [4.69, 9.17) is 4.74 Å². The lowest BCUT2D eigenvalue weighted by atomic mass is 10.0. The Labute approximate surface area is 133 Å². The summed E-state index contributed by atoms with van der Waals surface area (Å²) in [5, 5.41) is 3.70. The minimum Gasteiger partial charge on any atom is -0.453 e. The van der Waals surface area contributed by atoms with Gasteiger partial charge >= 0.3 is 6.09 Å². The summed E-state index contributed by atoms with van der Waals surface area (Å²) < 4.78 is 4.78. The van der Waals surface area contributed by atoms with Gasteiger partial charge in [0.2, 0.25) is 0 Å². The van der Waals surface area contributed by atoms with E-state index >= 15 is 0 Å². The number of benzene rings is 1. The Kier molecular flexibility index (Phi) is 5.66. The van der Waals surface area contributed by atoms with E-state index in [1.807, 2.05) is 0 Å². The number of anilines is 1. The second kappa shape index (κ2) is 7.49. The number of hydrogen-bond acceptors (Lipinski definition) is 4. The molecule has 5 nitrogen and oxygen atoms in total. The highest BCUT2D eigenvalue weighted by Gasteiger charge is 2.24. The molecular formula is C17H27N3O2. The van der Waals surface area contributed by atoms with Crippen molar-refractivity contribution in [2.75, 3.05) is 39.2 Å². The number of likely N-dealkylation sites (tertiary alicyclic amines) is 1. The molecule has 0 radical (unpaired) electrons. The van der Waals surface area contributed by atoms with E-state index in [2.05, 4.69) is 55.5 Å². The molecule has 1 aromatic carbocycles. The van der Waals surface area contributed by atoms with Crippen LogP contribution in [0.5, 0.6) is 0 Å². The smallest absolute Gasteiger partial charge is 0.409 e. The standard InChI is InChI=1S/C17H27N3O2/c1-13(15-7-5-6-8-16(15)19(2)3)18-14-9-11-20(12-10-14)17(21)22-4/h5-8,13-14,18H,9-12H2,1-4H3. The van der Waals surface area contributed by atoms with E-state index in [0.29, 0.717) is 6.04 Å². The van der Waals surface area contributed by atoms with Gasteiger partial charge in [-0.25, -0.2) is 4.79 Å². The number of rotatable bonds is 4. The zero-order valence-corrected chi connectivity index (χ0v) is 14.0. The molecule has 1 aliphatic rings. The Morgan fingerprint density at radius 2 is 1.95 bits per heavy atom. The van der Waals surface area contributed by atoms with Crippen LogP contribution < -0.4 is 10.2 Å². The largest absolute Gasteiger partial charge is 0.453 e. The van der Waals surface area contributed by atoms with Gasteiger partial charge in [0.15, 0.2) is 0 Å². The van der Waals surface area contributed by atoms with Gasteiger partial charge in [-0.15, -0.1) is 0 Å². The maximum Gasteiger partial charge on any atom is 0.409 e. The summed E-state index contributed by atoms with van der Waals surface area (Å²) in [6, 6.07) is 9.20. The number of para-hydroxylation sites is 1. The summed E-state index contributed by atoms with van der Waals surface area (Å²) >= 11 is 0. The molecule has 5 heteroatoms. The van der Waals surface area contributed by atoms with Crippen LogP contribution in [0.2, 0.25) is 0 Å². The summed E-state index contributed by atoms with van der Waals surface area (Å²) in [5.41, 5.74) is 2.55. The van der Waals surface area contributed by atoms with Gasteiger partial charge < -0.3 is 19.9 Å². The predicted octanol–water partition coefficient (Wildman–Crippen LogP) is 2.63. The van der Waals surface area contributed by atoms with Gasteiger partial charge in [0, 0.05) is 45.0 Å². The fourth-order valence-electron chi connectivity index (χ4n) is 3.06. The maximum absolute atomic E-state index is 11.5. The summed E-state index contributed by atoms with van der Waals surface area (Å²) in [6.45, 7) is 3.72. The number of methoxy groups -OCH3 is 1. The van der Waals surface area contributed by atoms with Crippen LogP contribution in [-0.2, 0) is 4.74 Å². The van der Waals surface area contributed by atoms with Gasteiger partial charge in [-0.1, -0.05) is 18.2 Å². The summed E-state index contributed by atoms with van der Waals surface area (Å²) in [4.78, 5) is 15.4. The second-order valence-corrected chi connectivity index (χ2v) is 6.07. The van der Waals surface area contributed by atoms with Crippen molar-refractivity contribution in [3.05, 3.63) is 29.8 Å². The van der Waals surface area contributed by atoms with Crippen LogP contribution in [0.4, 0.5) is 10.5 Å². The van der Waals surface area contributed by atoms with Crippen LogP contribution in [0.15, 0.2) is 24.3 Å². The first-order chi connectivity index (χ1) is 10.5. The van der Waals surface area contributed by atoms with Gasteiger partial charge in [-0.3, -0.25) is 0 Å². The lowest BCUT2D eigenvalue weighted by Gasteiger charge is -2.33. The number of amides is 1. The van der Waals surface area contributed by atoms with Crippen molar-refractivity contribution in [3.63, 3.8) is 0 Å². The van der Waals surface area contributed by atoms with Gasteiger partial charge in [-0.05, 0) is 31.4 Å². The van der Waals surface area contributed by atoms with Gasteiger partial charge in [0.05, 0.1) is 7.11 Å². The molecule has 1 aliphatic heterocycles. The average Bonchev–Trinajstić information content (AvgIpc) is 2.54. The third-order valence-corrected chi connectivity index (χ3v) is 4.30. The molecule has 0 aromatic heterocycles. The van der Waals surface area contributed by atoms with Crippen LogP contribution in [0.25, 0.3) is 0 Å². The molecule has 1 atom stereocenters. The van der Waals surface area contributed by atoms with E-state index in [9.17, 15) is 4.79 Å². The van der Waals surface area contributed by atoms with Crippen molar-refractivity contribution in [1.29, 1.82) is 0 Å². The second-order valence-electron chi connectivity index (χ2n) is 6.07. The Bertz CT molecular complexity index is 496. The topological polar surface area (TPSA) is 44.8 Å². The van der Waals surface area contributed by atoms with Crippen molar-refractivity contribution in [3.8, 4) is 0 Å². The molecule has 122 valence electrons. The zero-order valence-electron chi connectivity index (χ0n) is 14.0. The van der Waals surface area contributed by atoms with Crippen molar-refractivity contribution in [2.45, 2.75) is 31.8 Å². The fraction of sp³-hybridized carbons (Fsp3) is 0.588. The molecular weight excluding hydrogens is 278 g/mol. The minimum atomic E-state index is -0.218. The molecule has 1 saturated heterocycles. The van der Waals surface area contributed by atoms with Crippen molar-refractivity contribution >= 4 is 11.8 Å². The molecule has 0 spiro atoms. The van der Waals surface area contributed by atoms with Crippen molar-refractivity contribution in [2.24, 2.45) is 0 Å². The predicted molar refractivity (Wildman–Crippen MR) is 89.3 cm³/mol. The average molecular weight is 305 g/mol. The highest BCUT2D eigenvalue weighted by atomic mass is 16.5. The third-order valence-electron chi connectivity index (χ3n) is 4.30. The SMILES string of the molecule is COC(=O)N1CCC(NC(C)c2ccccc2N(C)C)CC1. The molecule has 1 heterocycles. The first kappa shape index (κ1) is 16.6. The van der Waals surface area contributed by atoms with E-state index in [0.717, 1.165) is 25.9 Å². The Morgan fingerprint density at radius 3 is 2.55 bits per heavy atom. The van der Waals surface area contributed by atoms with Gasteiger partial charge in [0.1, 0.15) is 0 Å². The van der Waals surface area contributed by atoms with E-state index in [1.54, 1.807) is 4.90 Å². The summed E-state index contributed by atoms with van der Waals surface area (Å²) in [5.74, 6) is 0. The lowest BCUT2D eigenvalue weighted by molar-refractivity contribution is 0.109. The van der Waals surface area contributed by atoms with E-state index in [1.165, 1.54) is 18.4 Å². The van der Waals surface area contributed by atoms with Crippen LogP contribution in [0.1, 0.15) is 31.4 Å². The number of hydrogen-bond donors (Lipinski definition) is 1. The van der Waals surface area contributed by atoms with Crippen molar-refractivity contribution in [1.82, 2.24) is 10.2 Å². The molecule has 1 amide bonds. The molecule has 0 bridgehead atoms. The number of piperidine rings is 1. The minimum absolute atomic E-state index is 0.218. The monoisotopic (exact) mass is 305 g/mol. The van der Waals surface area contributed by atoms with Gasteiger partial charge in [0.25, 0.3) is 0 Å². The zero-order chi connectivity index (χ0) is 16.1. The van der Waals surface area contributed by atoms with Crippen LogP contribution in [0.3, 0.4) is 0 Å². The molecule has 1 fully saturated rings. The molecule has 1 unspecified atom stereocenters. The fourth-order valence-corrected chi connectivity index (χ4v) is 3.06. The maximum atomic E-state index is 11.5. The van der Waals surface area contributed by atoms with Crippen LogP contribution in [-0.4, -0.2) is 51.3 Å². The Balaban J connectivity index is 1.94. The first-order valence-electron chi connectivity index (χ1n) is 7.88. The molecule has 22 heavy (non-hydrogen) atoms. The number of nitrogens with one attached hydrogen (secondary N) is 1. The van der Waals surface area contributed by atoms with Crippen LogP contribution >= 0.6 is 0 Å².